The van der Waals surface area contributed by atoms with Crippen LogP contribution in [0.25, 0.3) is 0 Å². The summed E-state index contributed by atoms with van der Waals surface area (Å²) in [6.07, 6.45) is 4.96. The van der Waals surface area contributed by atoms with E-state index >= 15 is 0 Å². The molecule has 1 atom stereocenters. The number of rotatable bonds is 7. The fourth-order valence-corrected chi connectivity index (χ4v) is 3.09. The largest absolute Gasteiger partial charge is 0.493 e. The second-order valence-corrected chi connectivity index (χ2v) is 6.24. The molecule has 0 N–H and O–H groups in total. The highest BCUT2D eigenvalue weighted by molar-refractivity contribution is 5.39. The van der Waals surface area contributed by atoms with Crippen LogP contribution >= 0.6 is 0 Å². The van der Waals surface area contributed by atoms with Gasteiger partial charge >= 0.3 is 0 Å². The molecular weight excluding hydrogens is 276 g/mol. The number of ether oxygens (including phenoxy) is 2. The Hall–Kier alpha value is -1.26. The molecule has 0 radical (unpaired) electrons. The number of hydrogen-bond donors (Lipinski definition) is 0. The van der Waals surface area contributed by atoms with Gasteiger partial charge in [0.25, 0.3) is 0 Å². The molecule has 0 amide bonds. The van der Waals surface area contributed by atoms with Gasteiger partial charge in [0.1, 0.15) is 0 Å². The molecule has 22 heavy (non-hydrogen) atoms. The molecule has 0 unspecified atom stereocenters. The van der Waals surface area contributed by atoms with Crippen molar-refractivity contribution in [2.75, 3.05) is 47.4 Å². The first-order valence-corrected chi connectivity index (χ1v) is 8.35. The van der Waals surface area contributed by atoms with Gasteiger partial charge in [-0.15, -0.1) is 0 Å². The van der Waals surface area contributed by atoms with Crippen LogP contribution in [-0.4, -0.2) is 63.3 Å². The smallest absolute Gasteiger partial charge is 0.161 e. The highest BCUT2D eigenvalue weighted by Gasteiger charge is 2.17. The van der Waals surface area contributed by atoms with E-state index in [-0.39, 0.29) is 0 Å². The third kappa shape index (κ3) is 5.18. The van der Waals surface area contributed by atoms with E-state index < -0.39 is 0 Å². The molecule has 1 aromatic rings. The van der Waals surface area contributed by atoms with E-state index in [0.717, 1.165) is 37.1 Å². The fourth-order valence-electron chi connectivity index (χ4n) is 3.09. The van der Waals surface area contributed by atoms with E-state index in [2.05, 4.69) is 23.9 Å². The second kappa shape index (κ2) is 9.01. The van der Waals surface area contributed by atoms with Crippen LogP contribution in [0.15, 0.2) is 24.3 Å². The Morgan fingerprint density at radius 1 is 1.14 bits per heavy atom. The molecular formula is C18H30N2O2. The highest BCUT2D eigenvalue weighted by Crippen LogP contribution is 2.25. The monoisotopic (exact) mass is 306 g/mol. The maximum Gasteiger partial charge on any atom is 0.161 e. The molecule has 1 fully saturated rings. The summed E-state index contributed by atoms with van der Waals surface area (Å²) in [6.45, 7) is 4.29. The van der Waals surface area contributed by atoms with E-state index in [0.29, 0.717) is 0 Å². The van der Waals surface area contributed by atoms with Gasteiger partial charge in [0, 0.05) is 12.6 Å². The third-order valence-electron chi connectivity index (χ3n) is 4.47. The molecule has 1 heterocycles. The minimum absolute atomic E-state index is 0.744. The lowest BCUT2D eigenvalue weighted by Gasteiger charge is -2.23. The Balaban J connectivity index is 1.68. The quantitative estimate of drug-likeness (QED) is 0.723. The Kier molecular flexibility index (Phi) is 7.00. The minimum atomic E-state index is 0.744. The lowest BCUT2D eigenvalue weighted by atomic mass is 10.1. The van der Waals surface area contributed by atoms with Crippen LogP contribution in [0.1, 0.15) is 25.7 Å². The molecule has 1 aliphatic heterocycles. The SMILES string of the molecule is COc1ccccc1OCCCN1CCC[C@@H](N(C)C)CC1. The molecule has 0 spiro atoms. The number of benzene rings is 1. The summed E-state index contributed by atoms with van der Waals surface area (Å²) in [5.41, 5.74) is 0. The standard InChI is InChI=1S/C18H30N2O2/c1-19(2)16-8-6-12-20(14-11-16)13-7-15-22-18-10-5-4-9-17(18)21-3/h4-5,9-10,16H,6-8,11-15H2,1-3H3/t16-/m1/s1. The zero-order valence-corrected chi connectivity index (χ0v) is 14.3. The summed E-state index contributed by atoms with van der Waals surface area (Å²) in [6, 6.07) is 8.59. The summed E-state index contributed by atoms with van der Waals surface area (Å²) >= 11 is 0. The Labute approximate surface area is 135 Å². The van der Waals surface area contributed by atoms with Crippen molar-refractivity contribution in [2.45, 2.75) is 31.7 Å². The van der Waals surface area contributed by atoms with Crippen LogP contribution < -0.4 is 9.47 Å². The van der Waals surface area contributed by atoms with Gasteiger partial charge in [0.15, 0.2) is 11.5 Å². The highest BCUT2D eigenvalue weighted by atomic mass is 16.5. The van der Waals surface area contributed by atoms with Crippen LogP contribution in [-0.2, 0) is 0 Å². The Morgan fingerprint density at radius 3 is 2.64 bits per heavy atom. The summed E-state index contributed by atoms with van der Waals surface area (Å²) in [5.74, 6) is 1.65. The van der Waals surface area contributed by atoms with Gasteiger partial charge in [-0.2, -0.15) is 0 Å². The first kappa shape index (κ1) is 17.1. The van der Waals surface area contributed by atoms with Gasteiger partial charge in [-0.1, -0.05) is 12.1 Å². The number of nitrogens with zero attached hydrogens (tertiary/aromatic N) is 2. The van der Waals surface area contributed by atoms with E-state index in [9.17, 15) is 0 Å². The van der Waals surface area contributed by atoms with E-state index in [1.807, 2.05) is 24.3 Å². The first-order valence-electron chi connectivity index (χ1n) is 8.35. The molecule has 1 aromatic carbocycles. The third-order valence-corrected chi connectivity index (χ3v) is 4.47. The molecule has 124 valence electrons. The van der Waals surface area contributed by atoms with E-state index in [4.69, 9.17) is 9.47 Å². The molecule has 1 saturated heterocycles. The van der Waals surface area contributed by atoms with Gasteiger partial charge in [-0.05, 0) is 65.0 Å². The number of hydrogen-bond acceptors (Lipinski definition) is 4. The van der Waals surface area contributed by atoms with Gasteiger partial charge in [0.2, 0.25) is 0 Å². The van der Waals surface area contributed by atoms with Crippen molar-refractivity contribution >= 4 is 0 Å². The number of likely N-dealkylation sites (tertiary alicyclic amines) is 1. The number of methoxy groups -OCH3 is 1. The predicted octanol–water partition coefficient (Wildman–Crippen LogP) is 2.88. The van der Waals surface area contributed by atoms with Gasteiger partial charge in [-0.3, -0.25) is 0 Å². The summed E-state index contributed by atoms with van der Waals surface area (Å²) in [5, 5.41) is 0. The van der Waals surface area contributed by atoms with Crippen molar-refractivity contribution in [1.82, 2.24) is 9.80 Å². The van der Waals surface area contributed by atoms with Gasteiger partial charge in [-0.25, -0.2) is 0 Å². The zero-order valence-electron chi connectivity index (χ0n) is 14.3. The fraction of sp³-hybridized carbons (Fsp3) is 0.667. The van der Waals surface area contributed by atoms with Crippen molar-refractivity contribution in [3.8, 4) is 11.5 Å². The Morgan fingerprint density at radius 2 is 1.91 bits per heavy atom. The van der Waals surface area contributed by atoms with Crippen molar-refractivity contribution in [3.63, 3.8) is 0 Å². The van der Waals surface area contributed by atoms with Crippen LogP contribution in [0, 0.1) is 0 Å². The lowest BCUT2D eigenvalue weighted by molar-refractivity contribution is 0.225. The zero-order chi connectivity index (χ0) is 15.8. The molecule has 4 nitrogen and oxygen atoms in total. The minimum Gasteiger partial charge on any atom is -0.493 e. The molecule has 2 rings (SSSR count). The van der Waals surface area contributed by atoms with Crippen molar-refractivity contribution in [3.05, 3.63) is 24.3 Å². The topological polar surface area (TPSA) is 24.9 Å². The van der Waals surface area contributed by atoms with Crippen LogP contribution in [0.2, 0.25) is 0 Å². The van der Waals surface area contributed by atoms with Gasteiger partial charge < -0.3 is 19.3 Å². The van der Waals surface area contributed by atoms with Crippen molar-refractivity contribution in [2.24, 2.45) is 0 Å². The average molecular weight is 306 g/mol. The number of para-hydroxylation sites is 2. The molecule has 0 bridgehead atoms. The maximum atomic E-state index is 5.85. The Bertz CT molecular complexity index is 437. The maximum absolute atomic E-state index is 5.85. The van der Waals surface area contributed by atoms with Crippen molar-refractivity contribution < 1.29 is 9.47 Å². The van der Waals surface area contributed by atoms with Crippen LogP contribution in [0.3, 0.4) is 0 Å². The molecule has 0 saturated carbocycles. The summed E-state index contributed by atoms with van der Waals surface area (Å²) < 4.78 is 11.2. The normalized spacial score (nSPS) is 19.9. The van der Waals surface area contributed by atoms with E-state index in [1.165, 1.54) is 32.4 Å². The molecule has 0 aromatic heterocycles. The second-order valence-electron chi connectivity index (χ2n) is 6.24. The van der Waals surface area contributed by atoms with Crippen molar-refractivity contribution in [1.29, 1.82) is 0 Å². The van der Waals surface area contributed by atoms with Crippen LogP contribution in [0.5, 0.6) is 11.5 Å². The molecule has 1 aliphatic rings. The van der Waals surface area contributed by atoms with Crippen LogP contribution in [0.4, 0.5) is 0 Å². The lowest BCUT2D eigenvalue weighted by Crippen LogP contribution is -2.30. The molecule has 0 aliphatic carbocycles. The first-order chi connectivity index (χ1) is 10.7. The average Bonchev–Trinajstić information content (AvgIpc) is 2.77. The van der Waals surface area contributed by atoms with Gasteiger partial charge in [0.05, 0.1) is 13.7 Å². The summed E-state index contributed by atoms with van der Waals surface area (Å²) in [7, 11) is 6.07. The molecule has 4 heteroatoms. The summed E-state index contributed by atoms with van der Waals surface area (Å²) in [4.78, 5) is 4.95. The van der Waals surface area contributed by atoms with E-state index in [1.54, 1.807) is 7.11 Å². The predicted molar refractivity (Wildman–Crippen MR) is 90.9 cm³/mol.